The summed E-state index contributed by atoms with van der Waals surface area (Å²) in [6.45, 7) is 5.61. The van der Waals surface area contributed by atoms with Gasteiger partial charge in [0, 0.05) is 36.7 Å². The van der Waals surface area contributed by atoms with Crippen molar-refractivity contribution in [3.63, 3.8) is 0 Å². The predicted octanol–water partition coefficient (Wildman–Crippen LogP) is 4.60. The van der Waals surface area contributed by atoms with Gasteiger partial charge in [0.25, 0.3) is 0 Å². The molecule has 0 bridgehead atoms. The molecular weight excluding hydrogens is 364 g/mol. The van der Waals surface area contributed by atoms with Crippen LogP contribution >= 0.6 is 11.6 Å². The number of carbonyl (C=O) groups is 2. The van der Waals surface area contributed by atoms with Gasteiger partial charge in [-0.15, -0.1) is 0 Å². The zero-order valence-electron chi connectivity index (χ0n) is 16.1. The van der Waals surface area contributed by atoms with Crippen LogP contribution in [0.2, 0.25) is 5.02 Å². The highest BCUT2D eigenvalue weighted by molar-refractivity contribution is 6.31. The van der Waals surface area contributed by atoms with Gasteiger partial charge in [0.15, 0.2) is 0 Å². The molecule has 0 spiro atoms. The second-order valence-corrected chi connectivity index (χ2v) is 6.66. The van der Waals surface area contributed by atoms with E-state index in [1.54, 1.807) is 12.1 Å². The Kier molecular flexibility index (Phi) is 7.25. The molecular formula is C21H25ClN2O3. The van der Waals surface area contributed by atoms with E-state index in [2.05, 4.69) is 5.32 Å². The maximum atomic E-state index is 12.4. The predicted molar refractivity (Wildman–Crippen MR) is 110 cm³/mol. The highest BCUT2D eigenvalue weighted by Crippen LogP contribution is 2.34. The molecule has 0 saturated heterocycles. The van der Waals surface area contributed by atoms with Gasteiger partial charge in [0.2, 0.25) is 11.8 Å². The van der Waals surface area contributed by atoms with Crippen LogP contribution in [0.1, 0.15) is 31.4 Å². The lowest BCUT2D eigenvalue weighted by molar-refractivity contribution is -0.117. The third-order valence-corrected chi connectivity index (χ3v) is 4.77. The molecule has 5 nitrogen and oxygen atoms in total. The summed E-state index contributed by atoms with van der Waals surface area (Å²) < 4.78 is 5.37. The third-order valence-electron chi connectivity index (χ3n) is 4.37. The molecule has 0 aliphatic heterocycles. The molecule has 0 aromatic heterocycles. The van der Waals surface area contributed by atoms with Crippen LogP contribution in [0.3, 0.4) is 0 Å². The van der Waals surface area contributed by atoms with E-state index in [4.69, 9.17) is 16.3 Å². The Morgan fingerprint density at radius 2 is 1.93 bits per heavy atom. The van der Waals surface area contributed by atoms with E-state index in [1.807, 2.05) is 38.1 Å². The smallest absolute Gasteiger partial charge is 0.226 e. The van der Waals surface area contributed by atoms with Crippen molar-refractivity contribution in [1.29, 1.82) is 0 Å². The van der Waals surface area contributed by atoms with Crippen molar-refractivity contribution in [2.24, 2.45) is 0 Å². The molecule has 0 fully saturated rings. The van der Waals surface area contributed by atoms with E-state index >= 15 is 0 Å². The van der Waals surface area contributed by atoms with E-state index in [-0.39, 0.29) is 24.8 Å². The summed E-state index contributed by atoms with van der Waals surface area (Å²) in [5.41, 5.74) is 3.32. The Bertz CT molecular complexity index is 836. The molecule has 0 aliphatic carbocycles. The van der Waals surface area contributed by atoms with Gasteiger partial charge in [0.1, 0.15) is 5.75 Å². The summed E-state index contributed by atoms with van der Waals surface area (Å²) >= 11 is 6.15. The highest BCUT2D eigenvalue weighted by Gasteiger charge is 2.19. The first-order valence-electron chi connectivity index (χ1n) is 8.87. The fraction of sp³-hybridized carbons (Fsp3) is 0.333. The van der Waals surface area contributed by atoms with Gasteiger partial charge in [0.05, 0.1) is 12.8 Å². The van der Waals surface area contributed by atoms with E-state index in [1.165, 1.54) is 18.9 Å². The number of carbonyl (C=O) groups excluding carboxylic acids is 2. The largest absolute Gasteiger partial charge is 0.495 e. The van der Waals surface area contributed by atoms with Crippen LogP contribution < -0.4 is 15.0 Å². The van der Waals surface area contributed by atoms with Gasteiger partial charge in [-0.05, 0) is 36.6 Å². The van der Waals surface area contributed by atoms with Crippen LogP contribution in [0.4, 0.5) is 11.4 Å². The lowest BCUT2D eigenvalue weighted by Gasteiger charge is -2.24. The van der Waals surface area contributed by atoms with Crippen molar-refractivity contribution >= 4 is 34.8 Å². The quantitative estimate of drug-likeness (QED) is 0.754. The molecule has 2 aromatic rings. The van der Waals surface area contributed by atoms with Crippen molar-refractivity contribution in [2.45, 2.75) is 33.6 Å². The first kappa shape index (κ1) is 20.8. The molecule has 0 heterocycles. The minimum absolute atomic E-state index is 0.146. The van der Waals surface area contributed by atoms with Crippen LogP contribution in [0.15, 0.2) is 36.4 Å². The molecule has 144 valence electrons. The first-order valence-corrected chi connectivity index (χ1v) is 9.25. The summed E-state index contributed by atoms with van der Waals surface area (Å²) in [5, 5.41) is 3.49. The van der Waals surface area contributed by atoms with Gasteiger partial charge < -0.3 is 15.0 Å². The summed E-state index contributed by atoms with van der Waals surface area (Å²) in [6.07, 6.45) is 1.000. The van der Waals surface area contributed by atoms with Crippen LogP contribution in [-0.2, 0) is 16.0 Å². The van der Waals surface area contributed by atoms with Gasteiger partial charge in [-0.1, -0.05) is 36.7 Å². The maximum Gasteiger partial charge on any atom is 0.226 e. The lowest BCUT2D eigenvalue weighted by atomic mass is 10.1. The Morgan fingerprint density at radius 3 is 2.56 bits per heavy atom. The molecule has 0 aliphatic rings. The van der Waals surface area contributed by atoms with E-state index < -0.39 is 0 Å². The van der Waals surface area contributed by atoms with Gasteiger partial charge in [-0.2, -0.15) is 0 Å². The molecule has 2 aromatic carbocycles. The Balaban J connectivity index is 2.15. The van der Waals surface area contributed by atoms with Gasteiger partial charge >= 0.3 is 0 Å². The Morgan fingerprint density at radius 1 is 1.22 bits per heavy atom. The minimum atomic E-state index is -0.170. The number of aryl methyl sites for hydroxylation is 2. The summed E-state index contributed by atoms with van der Waals surface area (Å²) in [6, 6.07) is 11.2. The number of nitrogens with one attached hydrogen (secondary N) is 1. The van der Waals surface area contributed by atoms with E-state index in [0.717, 1.165) is 23.2 Å². The number of hydrogen-bond donors (Lipinski definition) is 1. The summed E-state index contributed by atoms with van der Waals surface area (Å²) in [7, 11) is 1.52. The van der Waals surface area contributed by atoms with Crippen molar-refractivity contribution in [1.82, 2.24) is 0 Å². The zero-order valence-corrected chi connectivity index (χ0v) is 16.9. The monoisotopic (exact) mass is 388 g/mol. The van der Waals surface area contributed by atoms with Gasteiger partial charge in [-0.25, -0.2) is 0 Å². The van der Waals surface area contributed by atoms with Crippen LogP contribution in [0.25, 0.3) is 0 Å². The number of ether oxygens (including phenoxy) is 1. The van der Waals surface area contributed by atoms with E-state index in [0.29, 0.717) is 16.5 Å². The van der Waals surface area contributed by atoms with Crippen molar-refractivity contribution in [3.05, 3.63) is 52.5 Å². The fourth-order valence-electron chi connectivity index (χ4n) is 2.85. The maximum absolute atomic E-state index is 12.4. The standard InChI is InChI=1S/C21H25ClN2O3/c1-5-16-8-6-7-9-18(16)23-21(26)10-11-24(15(3)25)19-12-14(2)17(22)13-20(19)27-4/h6-9,12-13H,5,10-11H2,1-4H3,(H,23,26). The number of nitrogens with zero attached hydrogens (tertiary/aromatic N) is 1. The van der Waals surface area contributed by atoms with Crippen LogP contribution in [0, 0.1) is 6.92 Å². The van der Waals surface area contributed by atoms with E-state index in [9.17, 15) is 9.59 Å². The first-order chi connectivity index (χ1) is 12.9. The topological polar surface area (TPSA) is 58.6 Å². The average Bonchev–Trinajstić information content (AvgIpc) is 2.64. The normalized spacial score (nSPS) is 10.4. The zero-order chi connectivity index (χ0) is 20.0. The number of para-hydroxylation sites is 1. The molecule has 1 N–H and O–H groups in total. The lowest BCUT2D eigenvalue weighted by Crippen LogP contribution is -2.32. The molecule has 0 radical (unpaired) electrons. The van der Waals surface area contributed by atoms with Gasteiger partial charge in [-0.3, -0.25) is 9.59 Å². The molecule has 0 atom stereocenters. The summed E-state index contributed by atoms with van der Waals surface area (Å²) in [5.74, 6) is 0.182. The second-order valence-electron chi connectivity index (χ2n) is 6.25. The average molecular weight is 389 g/mol. The number of amides is 2. The van der Waals surface area contributed by atoms with Crippen molar-refractivity contribution in [2.75, 3.05) is 23.9 Å². The Labute approximate surface area is 165 Å². The number of methoxy groups -OCH3 is 1. The van der Waals surface area contributed by atoms with Crippen LogP contribution in [-0.4, -0.2) is 25.5 Å². The molecule has 0 unspecified atom stereocenters. The number of rotatable bonds is 7. The highest BCUT2D eigenvalue weighted by atomic mass is 35.5. The number of anilines is 2. The van der Waals surface area contributed by atoms with Crippen LogP contribution in [0.5, 0.6) is 5.75 Å². The van der Waals surface area contributed by atoms with Crippen molar-refractivity contribution < 1.29 is 14.3 Å². The SMILES string of the molecule is CCc1ccccc1NC(=O)CCN(C(C)=O)c1cc(C)c(Cl)cc1OC. The molecule has 27 heavy (non-hydrogen) atoms. The number of hydrogen-bond acceptors (Lipinski definition) is 3. The molecule has 2 amide bonds. The second kappa shape index (κ2) is 9.42. The Hall–Kier alpha value is -2.53. The van der Waals surface area contributed by atoms with Crippen molar-refractivity contribution in [3.8, 4) is 5.75 Å². The summed E-state index contributed by atoms with van der Waals surface area (Å²) in [4.78, 5) is 26.1. The third kappa shape index (κ3) is 5.23. The molecule has 6 heteroatoms. The number of benzene rings is 2. The fourth-order valence-corrected chi connectivity index (χ4v) is 3.00. The molecule has 0 saturated carbocycles. The molecule has 2 rings (SSSR count). The number of halogens is 1. The minimum Gasteiger partial charge on any atom is -0.495 e.